The van der Waals surface area contributed by atoms with Crippen LogP contribution in [0.3, 0.4) is 0 Å². The Hall–Kier alpha value is -2.11. The van der Waals surface area contributed by atoms with Gasteiger partial charge in [-0.25, -0.2) is 0 Å². The van der Waals surface area contributed by atoms with Crippen molar-refractivity contribution < 1.29 is 80.2 Å². The monoisotopic (exact) mass is 709 g/mol. The number of alkyl halides is 15. The third-order valence-corrected chi connectivity index (χ3v) is 7.07. The molecule has 0 bridgehead atoms. The van der Waals surface area contributed by atoms with Crippen LogP contribution in [0.2, 0.25) is 0 Å². The highest BCUT2D eigenvalue weighted by Gasteiger charge is 2.94. The van der Waals surface area contributed by atoms with Gasteiger partial charge in [0.05, 0.1) is 6.61 Å². The van der Waals surface area contributed by atoms with Gasteiger partial charge in [-0.2, -0.15) is 65.9 Å². The first-order valence-electron chi connectivity index (χ1n) is 14.5. The predicted octanol–water partition coefficient (Wildman–Crippen LogP) is 9.84. The van der Waals surface area contributed by atoms with Crippen LogP contribution in [-0.2, 0) is 14.3 Å². The van der Waals surface area contributed by atoms with Gasteiger partial charge >= 0.3 is 47.7 Å². The first-order valence-corrected chi connectivity index (χ1v) is 14.5. The van der Waals surface area contributed by atoms with Gasteiger partial charge in [0.1, 0.15) is 6.54 Å². The minimum Gasteiger partial charge on any atom is -0.464 e. The van der Waals surface area contributed by atoms with E-state index >= 15 is 0 Å². The van der Waals surface area contributed by atoms with Crippen molar-refractivity contribution in [3.8, 4) is 0 Å². The molecule has 0 aromatic heterocycles. The fourth-order valence-corrected chi connectivity index (χ4v) is 4.13. The minimum atomic E-state index is -8.50. The summed E-state index contributed by atoms with van der Waals surface area (Å²) in [5, 5.41) is 0. The van der Waals surface area contributed by atoms with E-state index in [0.29, 0.717) is 6.42 Å². The predicted molar refractivity (Wildman–Crippen MR) is 135 cm³/mol. The van der Waals surface area contributed by atoms with Crippen molar-refractivity contribution in [2.75, 3.05) is 20.2 Å². The number of ether oxygens (including phenoxy) is 1. The van der Waals surface area contributed by atoms with E-state index in [1.54, 1.807) is 0 Å². The molecule has 0 saturated carbocycles. The summed E-state index contributed by atoms with van der Waals surface area (Å²) < 4.78 is 204. The van der Waals surface area contributed by atoms with Crippen LogP contribution in [0.1, 0.15) is 96.8 Å². The molecule has 0 fully saturated rings. The summed E-state index contributed by atoms with van der Waals surface area (Å²) in [6, 6.07) is 0. The highest BCUT2D eigenvalue weighted by atomic mass is 19.4. The summed E-state index contributed by atoms with van der Waals surface area (Å²) in [6.07, 6.45) is 6.06. The molecule has 0 radical (unpaired) electrons. The summed E-state index contributed by atoms with van der Waals surface area (Å²) in [4.78, 5) is 22.8. The Kier molecular flexibility index (Phi) is 16.5. The van der Waals surface area contributed by atoms with Gasteiger partial charge in [-0.3, -0.25) is 9.59 Å². The molecule has 0 aliphatic carbocycles. The second-order valence-electron chi connectivity index (χ2n) is 10.9. The second kappa shape index (κ2) is 17.3. The van der Waals surface area contributed by atoms with Crippen LogP contribution in [0, 0.1) is 0 Å². The van der Waals surface area contributed by atoms with Crippen LogP contribution in [0.4, 0.5) is 65.9 Å². The van der Waals surface area contributed by atoms with Crippen molar-refractivity contribution in [2.45, 2.75) is 139 Å². The lowest BCUT2D eigenvalue weighted by Gasteiger charge is -2.41. The third-order valence-electron chi connectivity index (χ3n) is 7.07. The molecule has 0 aliphatic heterocycles. The van der Waals surface area contributed by atoms with Crippen molar-refractivity contribution in [1.82, 2.24) is 4.90 Å². The number of rotatable bonds is 23. The molecular weight excluding hydrogens is 671 g/mol. The number of hydrogen-bond donors (Lipinski definition) is 0. The molecule has 0 rings (SSSR count). The van der Waals surface area contributed by atoms with Crippen molar-refractivity contribution in [3.63, 3.8) is 0 Å². The number of halogens is 15. The maximum absolute atomic E-state index is 14.1. The van der Waals surface area contributed by atoms with E-state index in [4.69, 9.17) is 0 Å². The zero-order chi connectivity index (χ0) is 36.3. The van der Waals surface area contributed by atoms with Crippen molar-refractivity contribution in [3.05, 3.63) is 0 Å². The number of nitrogens with zero attached hydrogens (tertiary/aromatic N) is 1. The average molecular weight is 710 g/mol. The lowest BCUT2D eigenvalue weighted by atomic mass is 9.90. The first-order chi connectivity index (χ1) is 20.8. The molecule has 0 aromatic rings. The summed E-state index contributed by atoms with van der Waals surface area (Å²) >= 11 is 0. The van der Waals surface area contributed by atoms with E-state index in [9.17, 15) is 75.4 Å². The van der Waals surface area contributed by atoms with E-state index in [1.807, 2.05) is 0 Å². The normalized spacial score (nSPS) is 14.0. The Bertz CT molecular complexity index is 940. The molecule has 0 spiro atoms. The Labute approximate surface area is 256 Å². The van der Waals surface area contributed by atoms with E-state index < -0.39 is 65.0 Å². The van der Waals surface area contributed by atoms with E-state index in [0.717, 1.165) is 38.5 Å². The molecule has 274 valence electrons. The topological polar surface area (TPSA) is 46.6 Å². The van der Waals surface area contributed by atoms with E-state index in [1.165, 1.54) is 38.5 Å². The van der Waals surface area contributed by atoms with Gasteiger partial charge < -0.3 is 9.64 Å². The number of carbonyl (C=O) groups is 2. The Balaban J connectivity index is 4.92. The molecule has 19 heteroatoms. The van der Waals surface area contributed by atoms with Gasteiger partial charge in [0.25, 0.3) is 5.91 Å². The molecule has 0 aliphatic rings. The number of unbranched alkanes of at least 4 members (excludes halogenated alkanes) is 13. The summed E-state index contributed by atoms with van der Waals surface area (Å²) in [5.41, 5.74) is 0. The summed E-state index contributed by atoms with van der Waals surface area (Å²) in [7, 11) is 0.0861. The molecule has 0 saturated heterocycles. The zero-order valence-electron chi connectivity index (χ0n) is 25.2. The maximum atomic E-state index is 14.1. The van der Waals surface area contributed by atoms with Gasteiger partial charge in [-0.1, -0.05) is 90.4 Å². The van der Waals surface area contributed by atoms with E-state index in [2.05, 4.69) is 11.7 Å². The van der Waals surface area contributed by atoms with E-state index in [-0.39, 0.29) is 20.1 Å². The second-order valence-corrected chi connectivity index (χ2v) is 10.9. The molecule has 0 unspecified atom stereocenters. The number of hydrogen-bond acceptors (Lipinski definition) is 3. The van der Waals surface area contributed by atoms with Crippen LogP contribution in [0.5, 0.6) is 0 Å². The average Bonchev–Trinajstić information content (AvgIpc) is 2.93. The Morgan fingerprint density at radius 1 is 0.500 bits per heavy atom. The van der Waals surface area contributed by atoms with Crippen LogP contribution >= 0.6 is 0 Å². The summed E-state index contributed by atoms with van der Waals surface area (Å²) in [5.74, 6) is -53.7. The molecule has 4 nitrogen and oxygen atoms in total. The largest absolute Gasteiger partial charge is 0.464 e. The zero-order valence-corrected chi connectivity index (χ0v) is 25.2. The number of esters is 1. The summed E-state index contributed by atoms with van der Waals surface area (Å²) in [6.45, 7) is 0.105. The van der Waals surface area contributed by atoms with Gasteiger partial charge in [0.2, 0.25) is 0 Å². The number of carbonyl (C=O) groups excluding carboxylic acids is 2. The van der Waals surface area contributed by atoms with Gasteiger partial charge in [0, 0.05) is 7.05 Å². The van der Waals surface area contributed by atoms with Crippen LogP contribution in [0.15, 0.2) is 0 Å². The fraction of sp³-hybridized carbons (Fsp3) is 0.926. The van der Waals surface area contributed by atoms with Gasteiger partial charge in [-0.15, -0.1) is 0 Å². The van der Waals surface area contributed by atoms with Crippen LogP contribution in [-0.4, -0.2) is 78.7 Å². The Morgan fingerprint density at radius 3 is 1.20 bits per heavy atom. The molecular formula is C27H38F15NO3. The molecule has 0 N–H and O–H groups in total. The lowest BCUT2D eigenvalue weighted by molar-refractivity contribution is -0.449. The van der Waals surface area contributed by atoms with Crippen molar-refractivity contribution >= 4 is 11.9 Å². The minimum absolute atomic E-state index is 0.0861. The van der Waals surface area contributed by atoms with Crippen LogP contribution < -0.4 is 0 Å². The number of amides is 1. The standard InChI is InChI=1S/C27H38F15NO3/c1-3-4-5-6-7-8-9-10-11-12-13-14-15-16-17-46-19(44)18-43(2)20(45)21(28,29)22(30,31)23(32,33)24(34,35)25(36,37)26(38,39)27(40,41)42/h3-18H2,1-2H3. The molecule has 46 heavy (non-hydrogen) atoms. The highest BCUT2D eigenvalue weighted by molar-refractivity contribution is 5.88. The Morgan fingerprint density at radius 2 is 0.826 bits per heavy atom. The smallest absolute Gasteiger partial charge is 0.460 e. The quantitative estimate of drug-likeness (QED) is 0.0603. The molecule has 0 heterocycles. The molecule has 0 aromatic carbocycles. The molecule has 0 atom stereocenters. The fourth-order valence-electron chi connectivity index (χ4n) is 4.13. The SMILES string of the molecule is CCCCCCCCCCCCCCCCOC(=O)CN(C)C(=O)C(F)(F)C(F)(F)C(F)(F)C(F)(F)C(F)(F)C(F)(F)C(F)(F)F. The van der Waals surface area contributed by atoms with Gasteiger partial charge in [-0.05, 0) is 6.42 Å². The maximum Gasteiger partial charge on any atom is 0.460 e. The lowest BCUT2D eigenvalue weighted by Crippen LogP contribution is -2.74. The molecule has 1 amide bonds. The first kappa shape index (κ1) is 43.9. The third kappa shape index (κ3) is 10.2. The number of likely N-dealkylation sites (N-methyl/N-ethyl adjacent to an activating group) is 1. The van der Waals surface area contributed by atoms with Crippen LogP contribution in [0.25, 0.3) is 0 Å². The van der Waals surface area contributed by atoms with Gasteiger partial charge in [0.15, 0.2) is 0 Å². The van der Waals surface area contributed by atoms with Crippen molar-refractivity contribution in [1.29, 1.82) is 0 Å². The van der Waals surface area contributed by atoms with Crippen molar-refractivity contribution in [2.24, 2.45) is 0 Å². The highest BCUT2D eigenvalue weighted by Crippen LogP contribution is 2.62.